The van der Waals surface area contributed by atoms with E-state index in [0.29, 0.717) is 0 Å². The van der Waals surface area contributed by atoms with Gasteiger partial charge in [0.15, 0.2) is 0 Å². The van der Waals surface area contributed by atoms with Crippen LogP contribution < -0.4 is 10.2 Å². The fraction of sp³-hybridized carbons (Fsp3) is 0.500. The highest BCUT2D eigenvalue weighted by molar-refractivity contribution is 6.11. The Labute approximate surface area is 119 Å². The third-order valence-electron chi connectivity index (χ3n) is 4.71. The van der Waals surface area contributed by atoms with Crippen LogP contribution >= 0.6 is 0 Å². The van der Waals surface area contributed by atoms with E-state index in [2.05, 4.69) is 12.2 Å². The van der Waals surface area contributed by atoms with Gasteiger partial charge in [-0.15, -0.1) is 0 Å². The van der Waals surface area contributed by atoms with Gasteiger partial charge >= 0.3 is 0 Å². The summed E-state index contributed by atoms with van der Waals surface area (Å²) in [6.07, 6.45) is 4.97. The molecule has 1 aliphatic heterocycles. The van der Waals surface area contributed by atoms with Crippen LogP contribution in [0.25, 0.3) is 0 Å². The molecule has 1 heterocycles. The molecule has 1 saturated carbocycles. The molecule has 1 aromatic carbocycles. The van der Waals surface area contributed by atoms with Gasteiger partial charge in [-0.05, 0) is 31.4 Å². The Balaban J connectivity index is 1.97. The van der Waals surface area contributed by atoms with Gasteiger partial charge in [0.25, 0.3) is 0 Å². The topological polar surface area (TPSA) is 49.4 Å². The second-order valence-electron chi connectivity index (χ2n) is 5.80. The molecule has 0 atom stereocenters. The minimum absolute atomic E-state index is 0.110. The number of hydrogen-bond acceptors (Lipinski definition) is 2. The number of benzene rings is 1. The van der Waals surface area contributed by atoms with Crippen molar-refractivity contribution in [2.75, 3.05) is 16.8 Å². The van der Waals surface area contributed by atoms with Crippen LogP contribution in [0.1, 0.15) is 39.0 Å². The van der Waals surface area contributed by atoms with Gasteiger partial charge in [-0.2, -0.15) is 0 Å². The molecule has 0 aromatic heterocycles. The monoisotopic (exact) mass is 272 g/mol. The molecule has 2 amide bonds. The molecule has 106 valence electrons. The molecule has 0 radical (unpaired) electrons. The molecule has 4 nitrogen and oxygen atoms in total. The van der Waals surface area contributed by atoms with Crippen LogP contribution in [-0.2, 0) is 9.59 Å². The van der Waals surface area contributed by atoms with Crippen LogP contribution in [0.4, 0.5) is 11.4 Å². The van der Waals surface area contributed by atoms with Gasteiger partial charge in [0.1, 0.15) is 6.54 Å². The fourth-order valence-corrected chi connectivity index (χ4v) is 3.47. The highest BCUT2D eigenvalue weighted by Gasteiger charge is 2.43. The molecule has 1 aliphatic carbocycles. The summed E-state index contributed by atoms with van der Waals surface area (Å²) in [5.41, 5.74) is 1.31. The van der Waals surface area contributed by atoms with E-state index in [1.807, 2.05) is 24.3 Å². The zero-order chi connectivity index (χ0) is 14.2. The third kappa shape index (κ3) is 1.99. The molecular weight excluding hydrogens is 252 g/mol. The van der Waals surface area contributed by atoms with Gasteiger partial charge in [-0.3, -0.25) is 9.59 Å². The number of nitrogens with zero attached hydrogens (tertiary/aromatic N) is 1. The number of rotatable bonds is 2. The number of anilines is 2. The number of amides is 2. The van der Waals surface area contributed by atoms with Crippen molar-refractivity contribution < 1.29 is 9.59 Å². The largest absolute Gasteiger partial charge is 0.323 e. The Morgan fingerprint density at radius 2 is 2.00 bits per heavy atom. The third-order valence-corrected chi connectivity index (χ3v) is 4.71. The summed E-state index contributed by atoms with van der Waals surface area (Å²) >= 11 is 0. The Kier molecular flexibility index (Phi) is 3.24. The summed E-state index contributed by atoms with van der Waals surface area (Å²) < 4.78 is 0. The maximum Gasteiger partial charge on any atom is 0.244 e. The fourth-order valence-electron chi connectivity index (χ4n) is 3.47. The molecule has 0 spiro atoms. The van der Waals surface area contributed by atoms with E-state index in [4.69, 9.17) is 0 Å². The SMILES string of the molecule is CCC1(C(=O)N2CC(=O)Nc3ccccc32)CCCC1. The zero-order valence-corrected chi connectivity index (χ0v) is 11.8. The van der Waals surface area contributed by atoms with E-state index in [1.165, 1.54) is 0 Å². The van der Waals surface area contributed by atoms with Crippen molar-refractivity contribution in [1.29, 1.82) is 0 Å². The highest BCUT2D eigenvalue weighted by Crippen LogP contribution is 2.44. The summed E-state index contributed by atoms with van der Waals surface area (Å²) in [5.74, 6) is 0.0149. The molecule has 4 heteroatoms. The van der Waals surface area contributed by atoms with E-state index >= 15 is 0 Å². The predicted octanol–water partition coefficient (Wildman–Crippen LogP) is 2.94. The number of carbonyl (C=O) groups is 2. The molecule has 0 saturated heterocycles. The van der Waals surface area contributed by atoms with E-state index in [-0.39, 0.29) is 23.8 Å². The Morgan fingerprint density at radius 1 is 1.30 bits per heavy atom. The van der Waals surface area contributed by atoms with Crippen LogP contribution in [0.5, 0.6) is 0 Å². The minimum Gasteiger partial charge on any atom is -0.323 e. The number of carbonyl (C=O) groups excluding carboxylic acids is 2. The van der Waals surface area contributed by atoms with Crippen molar-refractivity contribution in [1.82, 2.24) is 0 Å². The van der Waals surface area contributed by atoms with Crippen molar-refractivity contribution >= 4 is 23.2 Å². The second-order valence-corrected chi connectivity index (χ2v) is 5.80. The maximum atomic E-state index is 13.0. The van der Waals surface area contributed by atoms with Crippen LogP contribution in [0.15, 0.2) is 24.3 Å². The normalized spacial score (nSPS) is 20.4. The average molecular weight is 272 g/mol. The van der Waals surface area contributed by atoms with E-state index in [1.54, 1.807) is 4.90 Å². The Morgan fingerprint density at radius 3 is 2.70 bits per heavy atom. The number of hydrogen-bond donors (Lipinski definition) is 1. The van der Waals surface area contributed by atoms with Crippen molar-refractivity contribution in [3.05, 3.63) is 24.3 Å². The summed E-state index contributed by atoms with van der Waals surface area (Å²) in [6.45, 7) is 2.22. The molecule has 20 heavy (non-hydrogen) atoms. The van der Waals surface area contributed by atoms with Gasteiger partial charge in [0.2, 0.25) is 11.8 Å². The van der Waals surface area contributed by atoms with Crippen molar-refractivity contribution in [2.45, 2.75) is 39.0 Å². The molecule has 2 aliphatic rings. The molecule has 1 N–H and O–H groups in total. The number of para-hydroxylation sites is 2. The number of nitrogens with one attached hydrogen (secondary N) is 1. The summed E-state index contributed by atoms with van der Waals surface area (Å²) in [4.78, 5) is 26.5. The van der Waals surface area contributed by atoms with Gasteiger partial charge in [0.05, 0.1) is 11.4 Å². The Hall–Kier alpha value is -1.84. The first-order valence-corrected chi connectivity index (χ1v) is 7.37. The molecular formula is C16H20N2O2. The Bertz CT molecular complexity index is 547. The van der Waals surface area contributed by atoms with Crippen molar-refractivity contribution in [3.63, 3.8) is 0 Å². The van der Waals surface area contributed by atoms with E-state index in [9.17, 15) is 9.59 Å². The van der Waals surface area contributed by atoms with E-state index < -0.39 is 0 Å². The minimum atomic E-state index is -0.259. The van der Waals surface area contributed by atoms with Gasteiger partial charge in [-0.25, -0.2) is 0 Å². The van der Waals surface area contributed by atoms with Gasteiger partial charge < -0.3 is 10.2 Å². The van der Waals surface area contributed by atoms with Crippen LogP contribution in [0.3, 0.4) is 0 Å². The van der Waals surface area contributed by atoms with Crippen LogP contribution in [0, 0.1) is 5.41 Å². The second kappa shape index (κ2) is 4.93. The first-order valence-electron chi connectivity index (χ1n) is 7.37. The average Bonchev–Trinajstić information content (AvgIpc) is 2.95. The lowest BCUT2D eigenvalue weighted by Crippen LogP contribution is -2.48. The lowest BCUT2D eigenvalue weighted by molar-refractivity contribution is -0.129. The van der Waals surface area contributed by atoms with Crippen LogP contribution in [-0.4, -0.2) is 18.4 Å². The molecule has 0 bridgehead atoms. The number of fused-ring (bicyclic) bond motifs is 1. The lowest BCUT2D eigenvalue weighted by atomic mass is 9.81. The summed E-state index contributed by atoms with van der Waals surface area (Å²) in [5, 5.41) is 2.83. The van der Waals surface area contributed by atoms with E-state index in [0.717, 1.165) is 43.5 Å². The first-order chi connectivity index (χ1) is 9.66. The van der Waals surface area contributed by atoms with Crippen molar-refractivity contribution in [2.24, 2.45) is 5.41 Å². The van der Waals surface area contributed by atoms with Gasteiger partial charge in [-0.1, -0.05) is 31.9 Å². The first kappa shape index (κ1) is 13.2. The molecule has 1 aromatic rings. The zero-order valence-electron chi connectivity index (χ0n) is 11.8. The molecule has 0 unspecified atom stereocenters. The predicted molar refractivity (Wildman–Crippen MR) is 78.6 cm³/mol. The quantitative estimate of drug-likeness (QED) is 0.900. The van der Waals surface area contributed by atoms with Crippen LogP contribution in [0.2, 0.25) is 0 Å². The molecule has 1 fully saturated rings. The van der Waals surface area contributed by atoms with Gasteiger partial charge in [0, 0.05) is 5.41 Å². The highest BCUT2D eigenvalue weighted by atomic mass is 16.2. The maximum absolute atomic E-state index is 13.0. The standard InChI is InChI=1S/C16H20N2O2/c1-2-16(9-5-6-10-16)15(20)18-11-14(19)17-12-7-3-4-8-13(12)18/h3-4,7-8H,2,5-6,9-11H2,1H3,(H,17,19). The lowest BCUT2D eigenvalue weighted by Gasteiger charge is -2.36. The summed E-state index contributed by atoms with van der Waals surface area (Å²) in [7, 11) is 0. The van der Waals surface area contributed by atoms with Crippen molar-refractivity contribution in [3.8, 4) is 0 Å². The summed E-state index contributed by atoms with van der Waals surface area (Å²) in [6, 6.07) is 7.53. The molecule has 3 rings (SSSR count). The smallest absolute Gasteiger partial charge is 0.244 e.